The molecular formula is C22H29ClN4O2S. The minimum atomic E-state index is -0.205. The van der Waals surface area contributed by atoms with Gasteiger partial charge < -0.3 is 10.2 Å². The summed E-state index contributed by atoms with van der Waals surface area (Å²) in [6.07, 6.45) is 3.99. The maximum atomic E-state index is 12.8. The highest BCUT2D eigenvalue weighted by Gasteiger charge is 2.21. The highest BCUT2D eigenvalue weighted by atomic mass is 35.5. The van der Waals surface area contributed by atoms with E-state index >= 15 is 0 Å². The number of hydrogen-bond acceptors (Lipinski definition) is 5. The summed E-state index contributed by atoms with van der Waals surface area (Å²) in [6.45, 7) is 7.72. The Hall–Kier alpha value is -1.83. The van der Waals surface area contributed by atoms with Gasteiger partial charge in [0.05, 0.1) is 5.75 Å². The van der Waals surface area contributed by atoms with Crippen LogP contribution in [0.1, 0.15) is 37.9 Å². The monoisotopic (exact) mass is 448 g/mol. The molecule has 1 aliphatic carbocycles. The molecule has 2 aromatic rings. The smallest absolute Gasteiger partial charge is 0.325 e. The highest BCUT2D eigenvalue weighted by molar-refractivity contribution is 8.00. The van der Waals surface area contributed by atoms with E-state index in [2.05, 4.69) is 29.0 Å². The zero-order valence-corrected chi connectivity index (χ0v) is 19.2. The summed E-state index contributed by atoms with van der Waals surface area (Å²) in [5, 5.41) is 4.19. The number of amides is 1. The summed E-state index contributed by atoms with van der Waals surface area (Å²) in [5.41, 5.74) is 2.74. The number of anilines is 1. The Labute approximate surface area is 187 Å². The summed E-state index contributed by atoms with van der Waals surface area (Å²) < 4.78 is 1.85. The first-order chi connectivity index (χ1) is 14.5. The average Bonchev–Trinajstić information content (AvgIpc) is 2.76. The molecule has 162 valence electrons. The van der Waals surface area contributed by atoms with Crippen LogP contribution >= 0.6 is 23.4 Å². The van der Waals surface area contributed by atoms with Crippen molar-refractivity contribution in [3.8, 4) is 0 Å². The Morgan fingerprint density at radius 2 is 1.90 bits per heavy atom. The van der Waals surface area contributed by atoms with Crippen molar-refractivity contribution in [2.45, 2.75) is 51.1 Å². The molecule has 0 fully saturated rings. The number of hydrogen-bond donors (Lipinski definition) is 1. The summed E-state index contributed by atoms with van der Waals surface area (Å²) in [5.74, 6) is 0.0877. The lowest BCUT2D eigenvalue weighted by Crippen LogP contribution is -2.35. The van der Waals surface area contributed by atoms with Crippen molar-refractivity contribution >= 4 is 35.0 Å². The van der Waals surface area contributed by atoms with Crippen LogP contribution in [0.4, 0.5) is 5.69 Å². The van der Waals surface area contributed by atoms with Crippen molar-refractivity contribution in [2.75, 3.05) is 30.7 Å². The number of halogens is 1. The lowest BCUT2D eigenvalue weighted by molar-refractivity contribution is -0.113. The Kier molecular flexibility index (Phi) is 8.36. The predicted molar refractivity (Wildman–Crippen MR) is 124 cm³/mol. The molecule has 0 bridgehead atoms. The number of benzene rings is 1. The lowest BCUT2D eigenvalue weighted by atomic mass is 9.97. The minimum absolute atomic E-state index is 0.126. The van der Waals surface area contributed by atoms with Gasteiger partial charge in [-0.3, -0.25) is 9.36 Å². The van der Waals surface area contributed by atoms with Crippen LogP contribution in [0.2, 0.25) is 5.02 Å². The number of thioether (sulfide) groups is 1. The fourth-order valence-electron chi connectivity index (χ4n) is 3.74. The van der Waals surface area contributed by atoms with E-state index in [1.807, 2.05) is 4.57 Å². The standard InChI is InChI=1S/C22H29ClN4O2S/c1-3-26(4-2)13-14-27-19-8-6-5-7-18(19)21(25-22(27)29)30-15-20(28)24-17-11-9-16(23)10-12-17/h9-12H,3-8,13-15H2,1-2H3,(H,24,28). The Morgan fingerprint density at radius 1 is 1.20 bits per heavy atom. The number of likely N-dealkylation sites (N-methyl/N-ethyl adjacent to an activating group) is 1. The molecule has 0 atom stereocenters. The summed E-state index contributed by atoms with van der Waals surface area (Å²) in [6, 6.07) is 7.00. The van der Waals surface area contributed by atoms with Crippen LogP contribution in [0.5, 0.6) is 0 Å². The summed E-state index contributed by atoms with van der Waals surface area (Å²) in [4.78, 5) is 31.8. The molecule has 1 aliphatic rings. The second kappa shape index (κ2) is 11.0. The molecule has 0 saturated heterocycles. The SMILES string of the molecule is CCN(CC)CCn1c2c(c(SCC(=O)Nc3ccc(Cl)cc3)nc1=O)CCCC2. The van der Waals surface area contributed by atoms with Gasteiger partial charge in [-0.1, -0.05) is 37.2 Å². The van der Waals surface area contributed by atoms with Crippen LogP contribution < -0.4 is 11.0 Å². The molecule has 0 unspecified atom stereocenters. The van der Waals surface area contributed by atoms with Gasteiger partial charge in [-0.25, -0.2) is 4.79 Å². The van der Waals surface area contributed by atoms with Crippen molar-refractivity contribution in [1.82, 2.24) is 14.5 Å². The van der Waals surface area contributed by atoms with E-state index in [-0.39, 0.29) is 17.3 Å². The lowest BCUT2D eigenvalue weighted by Gasteiger charge is -2.24. The molecule has 30 heavy (non-hydrogen) atoms. The van der Waals surface area contributed by atoms with Crippen LogP contribution in [-0.2, 0) is 24.2 Å². The van der Waals surface area contributed by atoms with Crippen LogP contribution in [0.25, 0.3) is 0 Å². The van der Waals surface area contributed by atoms with Gasteiger partial charge >= 0.3 is 5.69 Å². The van der Waals surface area contributed by atoms with Gasteiger partial charge in [0.2, 0.25) is 5.91 Å². The van der Waals surface area contributed by atoms with E-state index in [9.17, 15) is 9.59 Å². The van der Waals surface area contributed by atoms with E-state index in [0.29, 0.717) is 22.3 Å². The molecule has 0 aliphatic heterocycles. The van der Waals surface area contributed by atoms with Crippen molar-refractivity contribution in [3.63, 3.8) is 0 Å². The van der Waals surface area contributed by atoms with Crippen LogP contribution in [0.3, 0.4) is 0 Å². The van der Waals surface area contributed by atoms with E-state index < -0.39 is 0 Å². The molecule has 1 heterocycles. The Bertz CT molecular complexity index is 926. The van der Waals surface area contributed by atoms with Gasteiger partial charge in [0, 0.05) is 35.1 Å². The number of fused-ring (bicyclic) bond motifs is 1. The van der Waals surface area contributed by atoms with Gasteiger partial charge in [0.1, 0.15) is 5.03 Å². The van der Waals surface area contributed by atoms with Gasteiger partial charge in [-0.2, -0.15) is 4.98 Å². The highest BCUT2D eigenvalue weighted by Crippen LogP contribution is 2.28. The topological polar surface area (TPSA) is 67.2 Å². The molecule has 1 aromatic heterocycles. The van der Waals surface area contributed by atoms with E-state index in [1.165, 1.54) is 11.8 Å². The molecule has 1 amide bonds. The predicted octanol–water partition coefficient (Wildman–Crippen LogP) is 3.85. The van der Waals surface area contributed by atoms with E-state index in [4.69, 9.17) is 11.6 Å². The quantitative estimate of drug-likeness (QED) is 0.466. The molecule has 0 saturated carbocycles. The van der Waals surface area contributed by atoms with Crippen molar-refractivity contribution in [2.24, 2.45) is 0 Å². The van der Waals surface area contributed by atoms with Gasteiger partial charge in [-0.05, 0) is 63.0 Å². The van der Waals surface area contributed by atoms with Gasteiger partial charge in [0.25, 0.3) is 0 Å². The number of nitrogens with zero attached hydrogens (tertiary/aromatic N) is 3. The van der Waals surface area contributed by atoms with Crippen LogP contribution in [0.15, 0.2) is 34.1 Å². The first kappa shape index (κ1) is 22.8. The summed E-state index contributed by atoms with van der Waals surface area (Å²) in [7, 11) is 0. The normalized spacial score (nSPS) is 13.3. The van der Waals surface area contributed by atoms with E-state index in [1.54, 1.807) is 24.3 Å². The molecule has 0 spiro atoms. The number of carbonyl (C=O) groups excluding carboxylic acids is 1. The second-order valence-electron chi connectivity index (χ2n) is 7.35. The number of aromatic nitrogens is 2. The van der Waals surface area contributed by atoms with Crippen LogP contribution in [0, 0.1) is 0 Å². The Balaban J connectivity index is 1.72. The fraction of sp³-hybridized carbons (Fsp3) is 0.500. The minimum Gasteiger partial charge on any atom is -0.325 e. The molecule has 8 heteroatoms. The third-order valence-corrected chi connectivity index (χ3v) is 6.72. The molecule has 3 rings (SSSR count). The maximum absolute atomic E-state index is 12.8. The first-order valence-electron chi connectivity index (χ1n) is 10.5. The molecule has 6 nitrogen and oxygen atoms in total. The third kappa shape index (κ3) is 5.86. The average molecular weight is 449 g/mol. The first-order valence-corrected chi connectivity index (χ1v) is 11.9. The number of rotatable bonds is 9. The zero-order chi connectivity index (χ0) is 21.5. The van der Waals surface area contributed by atoms with Crippen molar-refractivity contribution in [1.29, 1.82) is 0 Å². The largest absolute Gasteiger partial charge is 0.348 e. The number of nitrogens with one attached hydrogen (secondary N) is 1. The van der Waals surface area contributed by atoms with E-state index in [0.717, 1.165) is 56.6 Å². The number of carbonyl (C=O) groups is 1. The van der Waals surface area contributed by atoms with Gasteiger partial charge in [-0.15, -0.1) is 0 Å². The van der Waals surface area contributed by atoms with Crippen LogP contribution in [-0.4, -0.2) is 45.7 Å². The Morgan fingerprint density at radius 3 is 2.60 bits per heavy atom. The molecule has 1 N–H and O–H groups in total. The summed E-state index contributed by atoms with van der Waals surface area (Å²) >= 11 is 7.23. The van der Waals surface area contributed by atoms with Crippen molar-refractivity contribution in [3.05, 3.63) is 51.0 Å². The zero-order valence-electron chi connectivity index (χ0n) is 17.6. The van der Waals surface area contributed by atoms with Crippen molar-refractivity contribution < 1.29 is 4.79 Å². The van der Waals surface area contributed by atoms with Gasteiger partial charge in [0.15, 0.2) is 0 Å². The maximum Gasteiger partial charge on any atom is 0.348 e. The molecular weight excluding hydrogens is 420 g/mol. The third-order valence-electron chi connectivity index (χ3n) is 5.45. The molecule has 1 aromatic carbocycles. The second-order valence-corrected chi connectivity index (χ2v) is 8.75. The molecule has 0 radical (unpaired) electrons. The fourth-order valence-corrected chi connectivity index (χ4v) is 4.75.